The Hall–Kier alpha value is -3.58. The Morgan fingerprint density at radius 3 is 2.66 bits per heavy atom. The van der Waals surface area contributed by atoms with E-state index >= 15 is 0 Å². The molecule has 0 bridgehead atoms. The second kappa shape index (κ2) is 11.4. The number of methoxy groups -OCH3 is 1. The molecule has 0 N–H and O–H groups in total. The number of ketones is 1. The highest BCUT2D eigenvalue weighted by molar-refractivity contribution is 5.82. The van der Waals surface area contributed by atoms with Crippen molar-refractivity contribution in [1.82, 2.24) is 24.5 Å². The molecule has 7 heteroatoms. The molecule has 1 aliphatic carbocycles. The second-order valence-corrected chi connectivity index (χ2v) is 10.7. The van der Waals surface area contributed by atoms with Crippen LogP contribution in [0.4, 0.5) is 0 Å². The normalized spacial score (nSPS) is 19.2. The Bertz CT molecular complexity index is 1390. The summed E-state index contributed by atoms with van der Waals surface area (Å²) in [6.45, 7) is 4.87. The van der Waals surface area contributed by atoms with Crippen LogP contribution in [-0.4, -0.2) is 44.0 Å². The predicted molar refractivity (Wildman–Crippen MR) is 148 cm³/mol. The van der Waals surface area contributed by atoms with E-state index in [-0.39, 0.29) is 5.78 Å². The number of aromatic nitrogens is 5. The fourth-order valence-corrected chi connectivity index (χ4v) is 6.08. The maximum Gasteiger partial charge on any atom is 0.139 e. The SMILES string of the molecule is COCC[C@@H]1C[C@@H](CC(=O)Cc2c(C)c(-c3cnn(C)c3)nn2-c2ccccc2)[C@H](c2ccnc(C)c2)C1. The van der Waals surface area contributed by atoms with Crippen molar-refractivity contribution in [2.45, 2.75) is 51.9 Å². The van der Waals surface area contributed by atoms with Crippen LogP contribution >= 0.6 is 0 Å². The number of benzene rings is 1. The molecule has 1 saturated carbocycles. The van der Waals surface area contributed by atoms with Gasteiger partial charge in [-0.25, -0.2) is 4.68 Å². The molecule has 1 aromatic carbocycles. The minimum Gasteiger partial charge on any atom is -0.385 e. The van der Waals surface area contributed by atoms with Crippen LogP contribution in [0.25, 0.3) is 16.9 Å². The predicted octanol–water partition coefficient (Wildman–Crippen LogP) is 5.63. The van der Waals surface area contributed by atoms with Crippen LogP contribution in [0.2, 0.25) is 0 Å². The largest absolute Gasteiger partial charge is 0.385 e. The molecule has 0 amide bonds. The quantitative estimate of drug-likeness (QED) is 0.276. The highest BCUT2D eigenvalue weighted by atomic mass is 16.5. The van der Waals surface area contributed by atoms with Crippen LogP contribution in [0, 0.1) is 25.7 Å². The zero-order valence-electron chi connectivity index (χ0n) is 22.8. The highest BCUT2D eigenvalue weighted by Crippen LogP contribution is 2.46. The number of ether oxygens (including phenoxy) is 1. The number of rotatable bonds is 10. The summed E-state index contributed by atoms with van der Waals surface area (Å²) in [5.41, 5.74) is 7.09. The average molecular weight is 512 g/mol. The van der Waals surface area contributed by atoms with Crippen molar-refractivity contribution in [3.8, 4) is 16.9 Å². The standard InChI is InChI=1S/C31H37N5O2/c1-21-14-24(10-12-32-21)29-16-23(11-13-38-4)15-25(29)17-28(37)18-30-22(2)31(26-19-33-35(3)20-26)34-36(30)27-8-6-5-7-9-27/h5-10,12,14,19-20,23,25,29H,11,13,15-18H2,1-4H3/t23-,25+,29+/m1/s1. The summed E-state index contributed by atoms with van der Waals surface area (Å²) in [6.07, 6.45) is 9.80. The van der Waals surface area contributed by atoms with Crippen molar-refractivity contribution in [2.75, 3.05) is 13.7 Å². The molecule has 7 nitrogen and oxygen atoms in total. The van der Waals surface area contributed by atoms with Gasteiger partial charge in [0.25, 0.3) is 0 Å². The van der Waals surface area contributed by atoms with Gasteiger partial charge < -0.3 is 4.74 Å². The lowest BCUT2D eigenvalue weighted by Crippen LogP contribution is -2.16. The first-order chi connectivity index (χ1) is 18.4. The molecule has 5 rings (SSSR count). The second-order valence-electron chi connectivity index (χ2n) is 10.7. The molecule has 0 aliphatic heterocycles. The van der Waals surface area contributed by atoms with Gasteiger partial charge in [-0.3, -0.25) is 14.5 Å². The van der Waals surface area contributed by atoms with Gasteiger partial charge in [0.05, 0.1) is 23.3 Å². The van der Waals surface area contributed by atoms with Crippen LogP contribution in [-0.2, 0) is 23.0 Å². The van der Waals surface area contributed by atoms with Crippen LogP contribution in [0.5, 0.6) is 0 Å². The lowest BCUT2D eigenvalue weighted by molar-refractivity contribution is -0.119. The van der Waals surface area contributed by atoms with E-state index in [0.717, 1.165) is 59.8 Å². The van der Waals surface area contributed by atoms with Crippen molar-refractivity contribution < 1.29 is 9.53 Å². The zero-order chi connectivity index (χ0) is 26.6. The lowest BCUT2D eigenvalue weighted by Gasteiger charge is -2.20. The maximum atomic E-state index is 13.7. The summed E-state index contributed by atoms with van der Waals surface area (Å²) in [6, 6.07) is 14.4. The van der Waals surface area contributed by atoms with Gasteiger partial charge >= 0.3 is 0 Å². The van der Waals surface area contributed by atoms with E-state index in [2.05, 4.69) is 29.1 Å². The van der Waals surface area contributed by atoms with Crippen molar-refractivity contribution in [3.05, 3.63) is 83.6 Å². The summed E-state index contributed by atoms with van der Waals surface area (Å²) < 4.78 is 9.09. The molecule has 3 heterocycles. The highest BCUT2D eigenvalue weighted by Gasteiger charge is 2.36. The molecular weight excluding hydrogens is 474 g/mol. The number of nitrogens with zero attached hydrogens (tertiary/aromatic N) is 5. The van der Waals surface area contributed by atoms with E-state index in [0.29, 0.717) is 30.6 Å². The molecule has 0 saturated heterocycles. The van der Waals surface area contributed by atoms with Crippen LogP contribution in [0.15, 0.2) is 61.1 Å². The van der Waals surface area contributed by atoms with Gasteiger partial charge in [-0.15, -0.1) is 0 Å². The Labute approximate surface area is 224 Å². The fraction of sp³-hybridized carbons (Fsp3) is 0.419. The van der Waals surface area contributed by atoms with E-state index in [1.807, 2.05) is 67.6 Å². The summed E-state index contributed by atoms with van der Waals surface area (Å²) in [4.78, 5) is 18.1. The summed E-state index contributed by atoms with van der Waals surface area (Å²) in [5.74, 6) is 1.52. The van der Waals surface area contributed by atoms with Crippen LogP contribution in [0.1, 0.15) is 54.1 Å². The topological polar surface area (TPSA) is 74.8 Å². The number of hydrogen-bond acceptors (Lipinski definition) is 5. The van der Waals surface area contributed by atoms with E-state index in [1.54, 1.807) is 11.8 Å². The number of Topliss-reactive ketones (excluding diaryl/α,β-unsaturated/α-hetero) is 1. The molecule has 3 aromatic heterocycles. The Balaban J connectivity index is 1.41. The summed E-state index contributed by atoms with van der Waals surface area (Å²) in [7, 11) is 3.66. The van der Waals surface area contributed by atoms with Crippen molar-refractivity contribution in [2.24, 2.45) is 18.9 Å². The number of carbonyl (C=O) groups is 1. The molecule has 198 valence electrons. The third-order valence-electron chi connectivity index (χ3n) is 7.95. The molecule has 4 aromatic rings. The minimum atomic E-state index is 0.260. The molecule has 1 fully saturated rings. The van der Waals surface area contributed by atoms with E-state index in [4.69, 9.17) is 9.84 Å². The van der Waals surface area contributed by atoms with Crippen molar-refractivity contribution in [3.63, 3.8) is 0 Å². The first kappa shape index (κ1) is 26.0. The number of aryl methyl sites for hydroxylation is 2. The average Bonchev–Trinajstić information content (AvgIpc) is 3.61. The number of pyridine rings is 1. The zero-order valence-corrected chi connectivity index (χ0v) is 22.8. The Morgan fingerprint density at radius 2 is 1.95 bits per heavy atom. The van der Waals surface area contributed by atoms with Crippen molar-refractivity contribution in [1.29, 1.82) is 0 Å². The van der Waals surface area contributed by atoms with Gasteiger partial charge in [-0.1, -0.05) is 18.2 Å². The lowest BCUT2D eigenvalue weighted by atomic mass is 9.85. The third-order valence-corrected chi connectivity index (χ3v) is 7.95. The minimum absolute atomic E-state index is 0.260. The maximum absolute atomic E-state index is 13.7. The number of carbonyl (C=O) groups excluding carboxylic acids is 1. The third kappa shape index (κ3) is 5.63. The van der Waals surface area contributed by atoms with E-state index in [1.165, 1.54) is 5.56 Å². The van der Waals surface area contributed by atoms with E-state index < -0.39 is 0 Å². The fourth-order valence-electron chi connectivity index (χ4n) is 6.08. The van der Waals surface area contributed by atoms with Gasteiger partial charge in [0.2, 0.25) is 0 Å². The smallest absolute Gasteiger partial charge is 0.139 e. The van der Waals surface area contributed by atoms with E-state index in [9.17, 15) is 4.79 Å². The Kier molecular flexibility index (Phi) is 7.84. The van der Waals surface area contributed by atoms with Crippen LogP contribution in [0.3, 0.4) is 0 Å². The molecule has 0 radical (unpaired) electrons. The number of para-hydroxylation sites is 1. The molecule has 3 atom stereocenters. The van der Waals surface area contributed by atoms with Gasteiger partial charge in [-0.05, 0) is 86.3 Å². The first-order valence-electron chi connectivity index (χ1n) is 13.5. The van der Waals surface area contributed by atoms with Crippen LogP contribution < -0.4 is 0 Å². The summed E-state index contributed by atoms with van der Waals surface area (Å²) in [5, 5.41) is 9.29. The van der Waals surface area contributed by atoms with Crippen molar-refractivity contribution >= 4 is 5.78 Å². The van der Waals surface area contributed by atoms with Gasteiger partial charge in [0.15, 0.2) is 0 Å². The first-order valence-corrected chi connectivity index (χ1v) is 13.5. The molecular formula is C31H37N5O2. The molecule has 0 unspecified atom stereocenters. The monoisotopic (exact) mass is 511 g/mol. The molecule has 1 aliphatic rings. The van der Waals surface area contributed by atoms with Gasteiger partial charge in [0.1, 0.15) is 5.78 Å². The Morgan fingerprint density at radius 1 is 1.13 bits per heavy atom. The number of hydrogen-bond donors (Lipinski definition) is 0. The van der Waals surface area contributed by atoms with Gasteiger partial charge in [-0.2, -0.15) is 10.2 Å². The molecule has 38 heavy (non-hydrogen) atoms. The van der Waals surface area contributed by atoms with Gasteiger partial charge in [0, 0.05) is 57.3 Å². The molecule has 0 spiro atoms. The summed E-state index contributed by atoms with van der Waals surface area (Å²) >= 11 is 0.